The second-order valence-electron chi connectivity index (χ2n) is 4.86. The van der Waals surface area contributed by atoms with E-state index in [1.165, 1.54) is 5.56 Å². The Morgan fingerprint density at radius 2 is 1.95 bits per heavy atom. The van der Waals surface area contributed by atoms with Crippen LogP contribution in [0.5, 0.6) is 0 Å². The van der Waals surface area contributed by atoms with E-state index in [1.807, 2.05) is 19.2 Å². The van der Waals surface area contributed by atoms with Crippen LogP contribution in [0.4, 0.5) is 0 Å². The van der Waals surface area contributed by atoms with E-state index in [2.05, 4.69) is 36.2 Å². The van der Waals surface area contributed by atoms with Crippen molar-refractivity contribution < 1.29 is 14.3 Å². The van der Waals surface area contributed by atoms with Crippen LogP contribution in [0, 0.1) is 11.8 Å². The maximum absolute atomic E-state index is 10.4. The van der Waals surface area contributed by atoms with E-state index in [1.54, 1.807) is 0 Å². The van der Waals surface area contributed by atoms with Crippen molar-refractivity contribution in [3.05, 3.63) is 35.4 Å². The highest BCUT2D eigenvalue weighted by Crippen LogP contribution is 2.11. The molecule has 0 aromatic heterocycles. The zero-order chi connectivity index (χ0) is 16.2. The van der Waals surface area contributed by atoms with Gasteiger partial charge in [-0.15, -0.1) is 0 Å². The fourth-order valence-corrected chi connectivity index (χ4v) is 1.72. The number of hydrogen-bond acceptors (Lipinski definition) is 4. The summed E-state index contributed by atoms with van der Waals surface area (Å²) in [7, 11) is 1.94. The average Bonchev–Trinajstić information content (AvgIpc) is 2.53. The average molecular weight is 304 g/mol. The molecule has 0 fully saturated rings. The van der Waals surface area contributed by atoms with E-state index in [9.17, 15) is 4.79 Å². The molecule has 1 aromatic carbocycles. The van der Waals surface area contributed by atoms with Gasteiger partial charge >= 0.3 is 0 Å². The van der Waals surface area contributed by atoms with Gasteiger partial charge in [-0.2, -0.15) is 0 Å². The zero-order valence-electron chi connectivity index (χ0n) is 13.2. The van der Waals surface area contributed by atoms with Crippen LogP contribution in [0.1, 0.15) is 30.5 Å². The highest BCUT2D eigenvalue weighted by Gasteiger charge is 2.00. The van der Waals surface area contributed by atoms with Crippen LogP contribution in [0.2, 0.25) is 0 Å². The maximum atomic E-state index is 10.4. The van der Waals surface area contributed by atoms with E-state index in [0.717, 1.165) is 5.56 Å². The van der Waals surface area contributed by atoms with Gasteiger partial charge < -0.3 is 20.5 Å². The summed E-state index contributed by atoms with van der Waals surface area (Å²) in [5.41, 5.74) is 7.15. The largest absolute Gasteiger partial charge is 0.372 e. The number of rotatable bonds is 9. The molecule has 0 aliphatic rings. The minimum Gasteiger partial charge on any atom is -0.372 e. The molecule has 0 saturated heterocycles. The number of carbonyl (C=O) groups is 1. The van der Waals surface area contributed by atoms with E-state index < -0.39 is 5.91 Å². The van der Waals surface area contributed by atoms with Crippen LogP contribution in [-0.4, -0.2) is 39.4 Å². The van der Waals surface area contributed by atoms with Crippen LogP contribution in [-0.2, 0) is 14.3 Å². The molecule has 1 atom stereocenters. The first-order chi connectivity index (χ1) is 10.6. The lowest BCUT2D eigenvalue weighted by Crippen LogP contribution is -2.18. The normalized spacial score (nSPS) is 11.5. The highest BCUT2D eigenvalue weighted by molar-refractivity contribution is 5.74. The SMILES string of the molecule is CNC(C)c1ccc(C#CCOCCCOCC(N)=O)cc1. The van der Waals surface area contributed by atoms with Crippen LogP contribution >= 0.6 is 0 Å². The second kappa shape index (κ2) is 10.8. The molecule has 0 aliphatic carbocycles. The molecule has 1 aromatic rings. The number of nitrogens with one attached hydrogen (secondary N) is 1. The molecule has 120 valence electrons. The molecule has 5 nitrogen and oxygen atoms in total. The molecule has 5 heteroatoms. The number of primary amides is 1. The van der Waals surface area contributed by atoms with Crippen molar-refractivity contribution in [3.63, 3.8) is 0 Å². The molecule has 3 N–H and O–H groups in total. The quantitative estimate of drug-likeness (QED) is 0.531. The molecule has 22 heavy (non-hydrogen) atoms. The topological polar surface area (TPSA) is 73.6 Å². The zero-order valence-corrected chi connectivity index (χ0v) is 13.2. The van der Waals surface area contributed by atoms with Crippen LogP contribution in [0.25, 0.3) is 0 Å². The Hall–Kier alpha value is -1.87. The van der Waals surface area contributed by atoms with Crippen molar-refractivity contribution in [1.29, 1.82) is 0 Å². The van der Waals surface area contributed by atoms with E-state index in [0.29, 0.717) is 32.3 Å². The summed E-state index contributed by atoms with van der Waals surface area (Å²) in [6, 6.07) is 8.49. The molecule has 1 rings (SSSR count). The van der Waals surface area contributed by atoms with Crippen molar-refractivity contribution in [2.75, 3.05) is 33.5 Å². The van der Waals surface area contributed by atoms with Gasteiger partial charge in [-0.3, -0.25) is 4.79 Å². The number of benzene rings is 1. The molecule has 0 bridgehead atoms. The summed E-state index contributed by atoms with van der Waals surface area (Å²) in [4.78, 5) is 10.4. The van der Waals surface area contributed by atoms with Crippen LogP contribution in [0.15, 0.2) is 24.3 Å². The summed E-state index contributed by atoms with van der Waals surface area (Å²) in [6.45, 7) is 3.46. The Bertz CT molecular complexity index is 503. The van der Waals surface area contributed by atoms with E-state index >= 15 is 0 Å². The number of ether oxygens (including phenoxy) is 2. The minimum absolute atomic E-state index is 0.0397. The van der Waals surface area contributed by atoms with Crippen LogP contribution < -0.4 is 11.1 Å². The highest BCUT2D eigenvalue weighted by atomic mass is 16.5. The number of carbonyl (C=O) groups excluding carboxylic acids is 1. The molecule has 0 aliphatic heterocycles. The molecule has 0 radical (unpaired) electrons. The van der Waals surface area contributed by atoms with Gasteiger partial charge in [0.1, 0.15) is 13.2 Å². The molecule has 0 heterocycles. The van der Waals surface area contributed by atoms with Crippen molar-refractivity contribution in [2.45, 2.75) is 19.4 Å². The van der Waals surface area contributed by atoms with Crippen molar-refractivity contribution in [2.24, 2.45) is 5.73 Å². The summed E-state index contributed by atoms with van der Waals surface area (Å²) >= 11 is 0. The predicted octanol–water partition coefficient (Wildman–Crippen LogP) is 1.23. The lowest BCUT2D eigenvalue weighted by molar-refractivity contribution is -0.122. The first kappa shape index (κ1) is 18.2. The van der Waals surface area contributed by atoms with Crippen molar-refractivity contribution in [3.8, 4) is 11.8 Å². The fourth-order valence-electron chi connectivity index (χ4n) is 1.72. The van der Waals surface area contributed by atoms with Gasteiger partial charge in [0.05, 0.1) is 6.61 Å². The van der Waals surface area contributed by atoms with Gasteiger partial charge in [-0.25, -0.2) is 0 Å². The third-order valence-corrected chi connectivity index (χ3v) is 3.07. The summed E-state index contributed by atoms with van der Waals surface area (Å²) in [6.07, 6.45) is 0.714. The Morgan fingerprint density at radius 3 is 2.59 bits per heavy atom. The Labute approximate surface area is 132 Å². The smallest absolute Gasteiger partial charge is 0.243 e. The maximum Gasteiger partial charge on any atom is 0.243 e. The van der Waals surface area contributed by atoms with Crippen LogP contribution in [0.3, 0.4) is 0 Å². The molecule has 0 spiro atoms. The predicted molar refractivity (Wildman–Crippen MR) is 86.2 cm³/mol. The molecule has 1 unspecified atom stereocenters. The molecule has 1 amide bonds. The lowest BCUT2D eigenvalue weighted by atomic mass is 10.1. The standard InChI is InChI=1S/C17H24N2O3/c1-14(19-2)16-8-6-15(7-9-16)5-3-10-21-11-4-12-22-13-17(18)20/h6-9,14,19H,4,10-13H2,1-2H3,(H2,18,20). The van der Waals surface area contributed by atoms with Crippen molar-refractivity contribution in [1.82, 2.24) is 5.32 Å². The van der Waals surface area contributed by atoms with E-state index in [4.69, 9.17) is 15.2 Å². The first-order valence-electron chi connectivity index (χ1n) is 7.33. The minimum atomic E-state index is -0.457. The van der Waals surface area contributed by atoms with Crippen molar-refractivity contribution >= 4 is 5.91 Å². The molecular formula is C17H24N2O3. The van der Waals surface area contributed by atoms with Gasteiger partial charge in [0.25, 0.3) is 0 Å². The van der Waals surface area contributed by atoms with Gasteiger partial charge in [0, 0.05) is 18.2 Å². The second-order valence-corrected chi connectivity index (χ2v) is 4.86. The van der Waals surface area contributed by atoms with Gasteiger partial charge in [0.15, 0.2) is 0 Å². The summed E-state index contributed by atoms with van der Waals surface area (Å²) < 4.78 is 10.4. The Morgan fingerprint density at radius 1 is 1.27 bits per heavy atom. The number of amides is 1. The lowest BCUT2D eigenvalue weighted by Gasteiger charge is -2.09. The van der Waals surface area contributed by atoms with Gasteiger partial charge in [-0.05, 0) is 38.1 Å². The van der Waals surface area contributed by atoms with E-state index in [-0.39, 0.29) is 6.61 Å². The summed E-state index contributed by atoms with van der Waals surface area (Å²) in [5, 5.41) is 3.20. The number of hydrogen-bond donors (Lipinski definition) is 2. The number of nitrogens with two attached hydrogens (primary N) is 1. The summed E-state index contributed by atoms with van der Waals surface area (Å²) in [5.74, 6) is 5.57. The van der Waals surface area contributed by atoms with Gasteiger partial charge in [-0.1, -0.05) is 24.0 Å². The third kappa shape index (κ3) is 7.79. The fraction of sp³-hybridized carbons (Fsp3) is 0.471. The third-order valence-electron chi connectivity index (χ3n) is 3.07. The van der Waals surface area contributed by atoms with Gasteiger partial charge in [0.2, 0.25) is 5.91 Å². The monoisotopic (exact) mass is 304 g/mol. The molecule has 0 saturated carbocycles. The Kier molecular flexibility index (Phi) is 8.92. The first-order valence-corrected chi connectivity index (χ1v) is 7.33. The Balaban J connectivity index is 2.18. The molecular weight excluding hydrogens is 280 g/mol.